The van der Waals surface area contributed by atoms with E-state index in [0.29, 0.717) is 36.1 Å². The van der Waals surface area contributed by atoms with E-state index in [0.717, 1.165) is 80.9 Å². The van der Waals surface area contributed by atoms with E-state index in [1.807, 2.05) is 6.07 Å². The third kappa shape index (κ3) is 11.8. The Morgan fingerprint density at radius 1 is 0.644 bits per heavy atom. The summed E-state index contributed by atoms with van der Waals surface area (Å²) in [5, 5.41) is 10.1. The standard InChI is InChI=1S/C32H40FN3O2.C29H36N4OS/c33-24-10-6-21(7-11-24)18-31(37)34-25-19-26-12-13-27(20-25)36(26)17-16-30(23-4-2-1-3-5-23)35-32(38)29-15-14-28(29)22-8-9-22;1-20-30-27-12-5-6-13-28(27)33(20)23-16-24-18-35-19-25(17-23)32(24)15-14-26(21-8-3-2-4-9-21)31-29(34)22-10-7-11-22/h1-7,10-11,22,25-30H,8-9,12-20H2,(H,34,37)(H,35,38);2-6,8-9,12-13,22-26H,7,10-11,14-19H2,1H3,(H,31,34)/t25?,26-,27+,28?,29?,30-;23?,24-,25+,26-/m00/s1. The second-order valence-electron chi connectivity index (χ2n) is 22.7. The van der Waals surface area contributed by atoms with Crippen molar-refractivity contribution in [1.82, 2.24) is 35.3 Å². The number of fused-ring (bicyclic) bond motifs is 5. The summed E-state index contributed by atoms with van der Waals surface area (Å²) in [7, 11) is 0. The zero-order valence-corrected chi connectivity index (χ0v) is 43.6. The molecule has 12 rings (SSSR count). The fraction of sp³-hybridized carbons (Fsp3) is 0.541. The van der Waals surface area contributed by atoms with E-state index >= 15 is 0 Å². The lowest BCUT2D eigenvalue weighted by Gasteiger charge is -2.49. The number of hydrogen-bond donors (Lipinski definition) is 3. The number of nitrogens with zero attached hydrogens (tertiary/aromatic N) is 4. The van der Waals surface area contributed by atoms with Crippen molar-refractivity contribution in [2.24, 2.45) is 23.7 Å². The number of rotatable bonds is 17. The van der Waals surface area contributed by atoms with Gasteiger partial charge in [-0.1, -0.05) is 91.3 Å². The van der Waals surface area contributed by atoms with Gasteiger partial charge >= 0.3 is 0 Å². The molecule has 0 radical (unpaired) electrons. The highest BCUT2D eigenvalue weighted by Gasteiger charge is 2.46. The Hall–Kier alpha value is -5.04. The normalized spacial score (nSPS) is 27.6. The van der Waals surface area contributed by atoms with Gasteiger partial charge in [-0.15, -0.1) is 0 Å². The largest absolute Gasteiger partial charge is 0.353 e. The Morgan fingerprint density at radius 2 is 1.23 bits per heavy atom. The Morgan fingerprint density at radius 3 is 1.81 bits per heavy atom. The van der Waals surface area contributed by atoms with Crippen molar-refractivity contribution < 1.29 is 18.8 Å². The molecule has 12 heteroatoms. The zero-order chi connectivity index (χ0) is 49.8. The van der Waals surface area contributed by atoms with Gasteiger partial charge in [0.25, 0.3) is 0 Å². The lowest BCUT2D eigenvalue weighted by atomic mass is 9.70. The number of amides is 3. The van der Waals surface area contributed by atoms with Crippen LogP contribution in [-0.2, 0) is 20.8 Å². The van der Waals surface area contributed by atoms with Gasteiger partial charge in [0.05, 0.1) is 29.5 Å². The SMILES string of the molecule is Cc1nc2ccccc2n1C1C[C@H]2CSC[C@@H](C1)N2CC[C@H](NC(=O)C1CCC1)c1ccccc1.O=C(Cc1ccc(F)cc1)NC1C[C@H]2CC[C@@H](C1)N2CC[C@H](NC(=O)C1CCC1C1CC1)c1ccccc1. The van der Waals surface area contributed by atoms with Crippen LogP contribution in [0.1, 0.15) is 137 Å². The lowest BCUT2D eigenvalue weighted by molar-refractivity contribution is -0.132. The van der Waals surface area contributed by atoms with Gasteiger partial charge in [-0.2, -0.15) is 11.8 Å². The van der Waals surface area contributed by atoms with E-state index in [4.69, 9.17) is 4.98 Å². The number of thioether (sulfide) groups is 1. The zero-order valence-electron chi connectivity index (χ0n) is 42.8. The number of para-hydroxylation sites is 2. The van der Waals surface area contributed by atoms with E-state index < -0.39 is 0 Å². The van der Waals surface area contributed by atoms with E-state index in [9.17, 15) is 18.8 Å². The molecule has 0 spiro atoms. The molecule has 73 heavy (non-hydrogen) atoms. The maximum atomic E-state index is 13.3. The molecule has 10 nitrogen and oxygen atoms in total. The molecule has 4 unspecified atom stereocenters. The minimum atomic E-state index is -0.280. The van der Waals surface area contributed by atoms with Crippen LogP contribution in [0.5, 0.6) is 0 Å². The number of benzene rings is 4. The van der Waals surface area contributed by atoms with Crippen molar-refractivity contribution in [2.75, 3.05) is 24.6 Å². The minimum absolute atomic E-state index is 0.0156. The van der Waals surface area contributed by atoms with Gasteiger partial charge in [-0.3, -0.25) is 24.2 Å². The second kappa shape index (κ2) is 22.8. The van der Waals surface area contributed by atoms with Gasteiger partial charge in [-0.05, 0) is 150 Å². The molecule has 3 amide bonds. The Balaban J connectivity index is 0.000000158. The van der Waals surface area contributed by atoms with Crippen LogP contribution in [0, 0.1) is 36.4 Å². The van der Waals surface area contributed by atoms with Crippen LogP contribution >= 0.6 is 11.8 Å². The first-order valence-corrected chi connectivity index (χ1v) is 29.1. The number of carbonyl (C=O) groups is 3. The molecular formula is C61H76FN7O3S. The predicted molar refractivity (Wildman–Crippen MR) is 289 cm³/mol. The summed E-state index contributed by atoms with van der Waals surface area (Å²) in [6.07, 6.45) is 17.0. The van der Waals surface area contributed by atoms with Gasteiger partial charge in [0, 0.05) is 72.7 Å². The monoisotopic (exact) mass is 1010 g/mol. The molecule has 4 bridgehead atoms. The molecule has 3 saturated carbocycles. The number of aromatic nitrogens is 2. The Bertz CT molecular complexity index is 2630. The third-order valence-electron chi connectivity index (χ3n) is 18.1. The molecule has 7 aliphatic rings. The van der Waals surface area contributed by atoms with Crippen molar-refractivity contribution in [1.29, 1.82) is 0 Å². The van der Waals surface area contributed by atoms with E-state index in [1.54, 1.807) is 12.1 Å². The minimum Gasteiger partial charge on any atom is -0.353 e. The summed E-state index contributed by atoms with van der Waals surface area (Å²) < 4.78 is 15.7. The summed E-state index contributed by atoms with van der Waals surface area (Å²) >= 11 is 2.12. The van der Waals surface area contributed by atoms with Crippen molar-refractivity contribution in [2.45, 2.75) is 158 Å². The number of aryl methyl sites for hydroxylation is 1. The molecule has 10 atom stereocenters. The van der Waals surface area contributed by atoms with Crippen LogP contribution in [0.4, 0.5) is 4.39 Å². The molecule has 4 aliphatic heterocycles. The maximum absolute atomic E-state index is 13.3. The molecule has 5 aromatic rings. The van der Waals surface area contributed by atoms with Crippen molar-refractivity contribution >= 4 is 40.5 Å². The van der Waals surface area contributed by atoms with Crippen LogP contribution in [0.15, 0.2) is 109 Å². The number of nitrogens with one attached hydrogen (secondary N) is 3. The van der Waals surface area contributed by atoms with Crippen LogP contribution in [0.3, 0.4) is 0 Å². The average Bonchev–Trinajstić information content (AvgIpc) is 4.08. The quantitative estimate of drug-likeness (QED) is 0.0851. The molecule has 4 saturated heterocycles. The predicted octanol–water partition coefficient (Wildman–Crippen LogP) is 10.7. The Labute approximate surface area is 436 Å². The molecule has 7 fully saturated rings. The fourth-order valence-electron chi connectivity index (χ4n) is 13.7. The van der Waals surface area contributed by atoms with Gasteiger partial charge < -0.3 is 20.5 Å². The number of carbonyl (C=O) groups excluding carboxylic acids is 3. The van der Waals surface area contributed by atoms with E-state index in [-0.39, 0.29) is 59.9 Å². The first kappa shape index (κ1) is 50.1. The summed E-state index contributed by atoms with van der Waals surface area (Å²) in [5.41, 5.74) is 5.65. The third-order valence-corrected chi connectivity index (χ3v) is 19.3. The molecule has 5 heterocycles. The average molecular weight is 1010 g/mol. The highest BCUT2D eigenvalue weighted by atomic mass is 32.2. The van der Waals surface area contributed by atoms with Crippen molar-refractivity contribution in [3.8, 4) is 0 Å². The molecule has 3 N–H and O–H groups in total. The number of imidazole rings is 1. The van der Waals surface area contributed by atoms with Crippen LogP contribution < -0.4 is 16.0 Å². The van der Waals surface area contributed by atoms with E-state index in [2.05, 4.69) is 128 Å². The van der Waals surface area contributed by atoms with Crippen LogP contribution in [0.2, 0.25) is 0 Å². The molecule has 3 aliphatic carbocycles. The second-order valence-corrected chi connectivity index (χ2v) is 23.8. The van der Waals surface area contributed by atoms with Gasteiger partial charge in [0.15, 0.2) is 0 Å². The van der Waals surface area contributed by atoms with Crippen LogP contribution in [0.25, 0.3) is 11.0 Å². The van der Waals surface area contributed by atoms with Crippen LogP contribution in [-0.4, -0.2) is 91.9 Å². The fourth-order valence-corrected chi connectivity index (χ4v) is 15.1. The smallest absolute Gasteiger partial charge is 0.224 e. The first-order chi connectivity index (χ1) is 35.7. The van der Waals surface area contributed by atoms with E-state index in [1.165, 1.54) is 91.6 Å². The number of hydrogen-bond acceptors (Lipinski definition) is 7. The molecule has 386 valence electrons. The van der Waals surface area contributed by atoms with Crippen molar-refractivity contribution in [3.05, 3.63) is 138 Å². The summed E-state index contributed by atoms with van der Waals surface area (Å²) in [4.78, 5) is 49.0. The topological polar surface area (TPSA) is 112 Å². The van der Waals surface area contributed by atoms with Gasteiger partial charge in [0.1, 0.15) is 11.6 Å². The first-order valence-electron chi connectivity index (χ1n) is 28.0. The Kier molecular flexibility index (Phi) is 15.7. The summed E-state index contributed by atoms with van der Waals surface area (Å²) in [6, 6.07) is 38.7. The number of halogens is 1. The van der Waals surface area contributed by atoms with Crippen molar-refractivity contribution in [3.63, 3.8) is 0 Å². The molecular weight excluding hydrogens is 930 g/mol. The summed E-state index contributed by atoms with van der Waals surface area (Å²) in [6.45, 7) is 4.16. The lowest BCUT2D eigenvalue weighted by Crippen LogP contribution is -2.55. The highest BCUT2D eigenvalue weighted by molar-refractivity contribution is 7.99. The molecule has 1 aromatic heterocycles. The summed E-state index contributed by atoms with van der Waals surface area (Å²) in [5.74, 6) is 5.61. The number of piperidine rings is 2. The van der Waals surface area contributed by atoms with Gasteiger partial charge in [-0.25, -0.2) is 9.37 Å². The van der Waals surface area contributed by atoms with Gasteiger partial charge in [0.2, 0.25) is 17.7 Å². The maximum Gasteiger partial charge on any atom is 0.224 e. The molecule has 4 aromatic carbocycles. The highest BCUT2D eigenvalue weighted by Crippen LogP contribution is 2.50.